The van der Waals surface area contributed by atoms with Crippen molar-refractivity contribution < 1.29 is 4.42 Å². The summed E-state index contributed by atoms with van der Waals surface area (Å²) in [6, 6.07) is 79.4. The molecule has 12 aromatic rings. The van der Waals surface area contributed by atoms with Crippen LogP contribution in [-0.4, -0.2) is 6.71 Å². The van der Waals surface area contributed by atoms with Crippen molar-refractivity contribution >= 4 is 105 Å². The summed E-state index contributed by atoms with van der Waals surface area (Å²) in [7, 11) is 0. The molecule has 0 N–H and O–H groups in total. The van der Waals surface area contributed by atoms with Crippen molar-refractivity contribution in [2.45, 2.75) is 0 Å². The summed E-state index contributed by atoms with van der Waals surface area (Å²) in [5, 5.41) is 12.3. The van der Waals surface area contributed by atoms with Gasteiger partial charge in [0.05, 0.1) is 11.4 Å². The molecule has 59 heavy (non-hydrogen) atoms. The number of fused-ring (bicyclic) bond motifs is 6. The monoisotopic (exact) mass is 749 g/mol. The molecule has 0 fully saturated rings. The Labute approximate surface area is 342 Å². The van der Waals surface area contributed by atoms with E-state index in [1.807, 2.05) is 6.07 Å². The van der Waals surface area contributed by atoms with E-state index in [9.17, 15) is 0 Å². The van der Waals surface area contributed by atoms with Gasteiger partial charge < -0.3 is 9.32 Å². The molecule has 2 nitrogen and oxygen atoms in total. The van der Waals surface area contributed by atoms with Gasteiger partial charge in [0.25, 0.3) is 0 Å². The number of furan rings is 1. The summed E-state index contributed by atoms with van der Waals surface area (Å²) in [4.78, 5) is 2.40. The maximum atomic E-state index is 6.72. The lowest BCUT2D eigenvalue weighted by Gasteiger charge is -2.28. The van der Waals surface area contributed by atoms with E-state index in [2.05, 4.69) is 217 Å². The van der Waals surface area contributed by atoms with Gasteiger partial charge in [-0.05, 0) is 73.8 Å². The molecule has 0 aliphatic rings. The van der Waals surface area contributed by atoms with Crippen molar-refractivity contribution in [2.75, 3.05) is 4.90 Å². The zero-order valence-electron chi connectivity index (χ0n) is 32.2. The third kappa shape index (κ3) is 5.29. The van der Waals surface area contributed by atoms with E-state index in [4.69, 9.17) is 4.42 Å². The molecule has 274 valence electrons. The molecule has 1 aromatic heterocycles. The molecule has 0 spiro atoms. The van der Waals surface area contributed by atoms with Crippen molar-refractivity contribution in [3.8, 4) is 11.1 Å². The van der Waals surface area contributed by atoms with Crippen LogP contribution in [0.15, 0.2) is 223 Å². The van der Waals surface area contributed by atoms with E-state index in [-0.39, 0.29) is 6.71 Å². The van der Waals surface area contributed by atoms with Crippen molar-refractivity contribution in [1.82, 2.24) is 0 Å². The molecule has 11 aromatic carbocycles. The molecule has 0 radical (unpaired) electrons. The minimum absolute atomic E-state index is 0.149. The van der Waals surface area contributed by atoms with E-state index < -0.39 is 0 Å². The van der Waals surface area contributed by atoms with Gasteiger partial charge in [0, 0.05) is 27.2 Å². The largest absolute Gasteiger partial charge is 0.454 e. The minimum Gasteiger partial charge on any atom is -0.454 e. The molecule has 0 atom stereocenters. The van der Waals surface area contributed by atoms with Crippen molar-refractivity contribution in [1.29, 1.82) is 0 Å². The van der Waals surface area contributed by atoms with Gasteiger partial charge in [-0.25, -0.2) is 0 Å². The molecule has 0 saturated carbocycles. The maximum absolute atomic E-state index is 6.72. The van der Waals surface area contributed by atoms with Crippen LogP contribution in [0.5, 0.6) is 0 Å². The van der Waals surface area contributed by atoms with Crippen LogP contribution in [0.4, 0.5) is 17.1 Å². The normalized spacial score (nSPS) is 11.7. The number of benzene rings is 11. The molecular weight excluding hydrogens is 713 g/mol. The number of hydrogen-bond acceptors (Lipinski definition) is 2. The van der Waals surface area contributed by atoms with Crippen LogP contribution in [0.2, 0.25) is 0 Å². The molecule has 1 heterocycles. The van der Waals surface area contributed by atoms with Crippen LogP contribution >= 0.6 is 0 Å². The highest BCUT2D eigenvalue weighted by molar-refractivity contribution is 6.95. The van der Waals surface area contributed by atoms with Gasteiger partial charge >= 0.3 is 0 Å². The Bertz CT molecular complexity index is 3450. The lowest BCUT2D eigenvalue weighted by Crippen LogP contribution is -2.51. The Balaban J connectivity index is 1.10. The van der Waals surface area contributed by atoms with Gasteiger partial charge in [0.15, 0.2) is 5.58 Å². The summed E-state index contributed by atoms with van der Waals surface area (Å²) in [6.45, 7) is 0.149. The van der Waals surface area contributed by atoms with E-state index in [0.29, 0.717) is 0 Å². The highest BCUT2D eigenvalue weighted by atomic mass is 16.3. The number of para-hydroxylation sites is 3. The number of nitrogens with zero attached hydrogens (tertiary/aromatic N) is 1. The van der Waals surface area contributed by atoms with Gasteiger partial charge in [-0.15, -0.1) is 0 Å². The number of rotatable bonds is 7. The summed E-state index contributed by atoms with van der Waals surface area (Å²) >= 11 is 0. The Kier molecular flexibility index (Phi) is 7.67. The molecule has 0 amide bonds. The van der Waals surface area contributed by atoms with Crippen LogP contribution < -0.4 is 21.3 Å². The zero-order valence-corrected chi connectivity index (χ0v) is 32.2. The van der Waals surface area contributed by atoms with Gasteiger partial charge in [-0.1, -0.05) is 204 Å². The van der Waals surface area contributed by atoms with Crippen LogP contribution in [0.1, 0.15) is 0 Å². The fourth-order valence-corrected chi connectivity index (χ4v) is 9.74. The van der Waals surface area contributed by atoms with Crippen molar-refractivity contribution in [3.05, 3.63) is 218 Å². The second-order valence-electron chi connectivity index (χ2n) is 15.6. The van der Waals surface area contributed by atoms with Gasteiger partial charge in [0.2, 0.25) is 6.71 Å². The molecule has 0 unspecified atom stereocenters. The Morgan fingerprint density at radius 1 is 0.339 bits per heavy atom. The van der Waals surface area contributed by atoms with Crippen molar-refractivity contribution in [3.63, 3.8) is 0 Å². The van der Waals surface area contributed by atoms with E-state index in [1.165, 1.54) is 70.6 Å². The number of anilines is 3. The predicted octanol–water partition coefficient (Wildman–Crippen LogP) is 13.3. The highest BCUT2D eigenvalue weighted by Crippen LogP contribution is 2.50. The molecule has 0 bridgehead atoms. The van der Waals surface area contributed by atoms with Gasteiger partial charge in [-0.2, -0.15) is 0 Å². The van der Waals surface area contributed by atoms with E-state index >= 15 is 0 Å². The average Bonchev–Trinajstić information content (AvgIpc) is 3.70. The molecular formula is C56H36BNO. The first-order chi connectivity index (χ1) is 29.3. The summed E-state index contributed by atoms with van der Waals surface area (Å²) in [5.41, 5.74) is 11.3. The molecule has 0 aliphatic heterocycles. The lowest BCUT2D eigenvalue weighted by atomic mass is 9.37. The maximum Gasteiger partial charge on any atom is 0.241 e. The van der Waals surface area contributed by atoms with E-state index in [0.717, 1.165) is 39.0 Å². The lowest BCUT2D eigenvalue weighted by molar-refractivity contribution is 0.669. The third-order valence-corrected chi connectivity index (χ3v) is 12.3. The van der Waals surface area contributed by atoms with Crippen LogP contribution in [0.25, 0.3) is 76.2 Å². The smallest absolute Gasteiger partial charge is 0.241 e. The Morgan fingerprint density at radius 2 is 0.915 bits per heavy atom. The molecule has 12 rings (SSSR count). The summed E-state index contributed by atoms with van der Waals surface area (Å²) in [5.74, 6) is 0. The molecule has 3 heteroatoms. The topological polar surface area (TPSA) is 16.4 Å². The zero-order chi connectivity index (χ0) is 38.9. The third-order valence-electron chi connectivity index (χ3n) is 12.3. The highest BCUT2D eigenvalue weighted by Gasteiger charge is 2.25. The fourth-order valence-electron chi connectivity index (χ4n) is 9.74. The summed E-state index contributed by atoms with van der Waals surface area (Å²) < 4.78 is 6.72. The second-order valence-corrected chi connectivity index (χ2v) is 15.6. The Hall–Kier alpha value is -7.62. The SMILES string of the molecule is c1ccc(B(c2ccccc2)c2ccc(-c3ccc4c5ccccc5c5c(N(c6ccccc6)c6cccc7c6oc6ccccc67)ccc6ccc3c4c65)cc2)cc1. The van der Waals surface area contributed by atoms with Gasteiger partial charge in [-0.3, -0.25) is 0 Å². The quantitative estimate of drug-likeness (QED) is 0.0916. The fraction of sp³-hybridized carbons (Fsp3) is 0. The van der Waals surface area contributed by atoms with E-state index in [1.54, 1.807) is 0 Å². The first-order valence-electron chi connectivity index (χ1n) is 20.4. The summed E-state index contributed by atoms with van der Waals surface area (Å²) in [6.07, 6.45) is 0. The second kappa shape index (κ2) is 13.5. The first kappa shape index (κ1) is 33.5. The molecule has 0 aliphatic carbocycles. The van der Waals surface area contributed by atoms with Crippen LogP contribution in [0.3, 0.4) is 0 Å². The Morgan fingerprint density at radius 3 is 1.66 bits per heavy atom. The predicted molar refractivity (Wildman–Crippen MR) is 253 cm³/mol. The first-order valence-corrected chi connectivity index (χ1v) is 20.4. The van der Waals surface area contributed by atoms with Crippen LogP contribution in [0, 0.1) is 0 Å². The minimum atomic E-state index is 0.149. The van der Waals surface area contributed by atoms with Crippen molar-refractivity contribution in [2.24, 2.45) is 0 Å². The average molecular weight is 750 g/mol. The molecule has 0 saturated heterocycles. The standard InChI is InChI=1S/C56H36BNO/c1-4-15-39(16-5-1)57(40-17-6-2-7-18-40)41-31-27-37(28-32-41)43-34-35-48-44-21-10-11-23-46(44)55-50(36-30-38-29-33-47(43)54(48)53(38)55)58(42-19-8-3-9-20-42)51-25-14-24-49-45-22-12-13-26-52(45)59-56(49)51/h1-36H. The van der Waals surface area contributed by atoms with Gasteiger partial charge in [0.1, 0.15) is 5.58 Å². The number of hydrogen-bond donors (Lipinski definition) is 0. The van der Waals surface area contributed by atoms with Crippen LogP contribution in [-0.2, 0) is 0 Å².